The molecule has 3 nitrogen and oxygen atoms in total. The second kappa shape index (κ2) is 4.74. The highest BCUT2D eigenvalue weighted by atomic mass is 32.2. The van der Waals surface area contributed by atoms with Crippen LogP contribution >= 0.6 is 11.8 Å². The van der Waals surface area contributed by atoms with E-state index in [1.807, 2.05) is 11.8 Å². The minimum atomic E-state index is 0.0781. The van der Waals surface area contributed by atoms with Crippen LogP contribution in [0.2, 0.25) is 0 Å². The van der Waals surface area contributed by atoms with Crippen LogP contribution in [0, 0.1) is 5.92 Å². The first kappa shape index (κ1) is 11.3. The monoisotopic (exact) mass is 228 g/mol. The summed E-state index contributed by atoms with van der Waals surface area (Å²) >= 11 is 1.82. The minimum Gasteiger partial charge on any atom is -0.338 e. The van der Waals surface area contributed by atoms with Crippen molar-refractivity contribution in [3.8, 4) is 0 Å². The van der Waals surface area contributed by atoms with Gasteiger partial charge < -0.3 is 4.90 Å². The Balaban J connectivity index is 1.99. The molecule has 2 saturated heterocycles. The second-order valence-electron chi connectivity index (χ2n) is 4.76. The van der Waals surface area contributed by atoms with Crippen LogP contribution in [0.25, 0.3) is 0 Å². The quantitative estimate of drug-likeness (QED) is 0.773. The number of amides is 1. The standard InChI is InChI=1S/C11H20N2OS/c1-8(2)10-4-3-5-13(10)11(14)9-6-15-7-12-9/h8-10,12H,3-7H2,1-2H3. The van der Waals surface area contributed by atoms with Crippen LogP contribution in [-0.2, 0) is 4.79 Å². The number of rotatable bonds is 2. The van der Waals surface area contributed by atoms with E-state index in [1.54, 1.807) is 0 Å². The lowest BCUT2D eigenvalue weighted by atomic mass is 10.0. The number of carbonyl (C=O) groups is 1. The summed E-state index contributed by atoms with van der Waals surface area (Å²) < 4.78 is 0. The molecule has 15 heavy (non-hydrogen) atoms. The average Bonchev–Trinajstić information content (AvgIpc) is 2.88. The van der Waals surface area contributed by atoms with Gasteiger partial charge in [0.2, 0.25) is 5.91 Å². The van der Waals surface area contributed by atoms with E-state index in [-0.39, 0.29) is 6.04 Å². The van der Waals surface area contributed by atoms with Gasteiger partial charge in [-0.15, -0.1) is 11.8 Å². The lowest BCUT2D eigenvalue weighted by Gasteiger charge is -2.29. The smallest absolute Gasteiger partial charge is 0.240 e. The molecule has 2 aliphatic rings. The van der Waals surface area contributed by atoms with Gasteiger partial charge in [0.25, 0.3) is 0 Å². The zero-order valence-corrected chi connectivity index (χ0v) is 10.3. The zero-order valence-electron chi connectivity index (χ0n) is 9.53. The van der Waals surface area contributed by atoms with Crippen LogP contribution in [0.5, 0.6) is 0 Å². The predicted molar refractivity (Wildman–Crippen MR) is 63.8 cm³/mol. The maximum Gasteiger partial charge on any atom is 0.240 e. The SMILES string of the molecule is CC(C)C1CCCN1C(=O)C1CSCN1. The molecular weight excluding hydrogens is 208 g/mol. The van der Waals surface area contributed by atoms with E-state index >= 15 is 0 Å². The highest BCUT2D eigenvalue weighted by Crippen LogP contribution is 2.25. The van der Waals surface area contributed by atoms with Crippen molar-refractivity contribution in [3.05, 3.63) is 0 Å². The maximum absolute atomic E-state index is 12.2. The number of likely N-dealkylation sites (tertiary alicyclic amines) is 1. The van der Waals surface area contributed by atoms with E-state index in [0.717, 1.165) is 18.2 Å². The van der Waals surface area contributed by atoms with Crippen molar-refractivity contribution in [1.82, 2.24) is 10.2 Å². The van der Waals surface area contributed by atoms with Gasteiger partial charge in [-0.3, -0.25) is 10.1 Å². The molecule has 0 aromatic heterocycles. The number of carbonyl (C=O) groups excluding carboxylic acids is 1. The predicted octanol–water partition coefficient (Wildman–Crippen LogP) is 1.30. The second-order valence-corrected chi connectivity index (χ2v) is 5.79. The first-order valence-corrected chi connectivity index (χ1v) is 6.97. The van der Waals surface area contributed by atoms with Crippen molar-refractivity contribution in [1.29, 1.82) is 0 Å². The number of hydrogen-bond donors (Lipinski definition) is 1. The van der Waals surface area contributed by atoms with Gasteiger partial charge in [0, 0.05) is 24.2 Å². The molecular formula is C11H20N2OS. The van der Waals surface area contributed by atoms with Crippen molar-refractivity contribution >= 4 is 17.7 Å². The molecule has 2 heterocycles. The molecule has 0 radical (unpaired) electrons. The van der Waals surface area contributed by atoms with E-state index in [0.29, 0.717) is 17.9 Å². The maximum atomic E-state index is 12.2. The third-order valence-corrected chi connectivity index (χ3v) is 4.31. The summed E-state index contributed by atoms with van der Waals surface area (Å²) in [6, 6.07) is 0.555. The molecule has 86 valence electrons. The zero-order chi connectivity index (χ0) is 10.8. The largest absolute Gasteiger partial charge is 0.338 e. The third-order valence-electron chi connectivity index (χ3n) is 3.37. The molecule has 0 aromatic carbocycles. The van der Waals surface area contributed by atoms with Crippen LogP contribution in [-0.4, -0.2) is 41.1 Å². The van der Waals surface area contributed by atoms with E-state index in [2.05, 4.69) is 24.1 Å². The Morgan fingerprint density at radius 1 is 1.53 bits per heavy atom. The molecule has 0 saturated carbocycles. The van der Waals surface area contributed by atoms with Crippen LogP contribution in [0.3, 0.4) is 0 Å². The number of nitrogens with zero attached hydrogens (tertiary/aromatic N) is 1. The van der Waals surface area contributed by atoms with Crippen LogP contribution in [0.4, 0.5) is 0 Å². The fourth-order valence-corrected chi connectivity index (χ4v) is 3.45. The summed E-state index contributed by atoms with van der Waals surface area (Å²) in [5, 5.41) is 3.26. The summed E-state index contributed by atoms with van der Waals surface area (Å²) in [5.74, 6) is 2.79. The fourth-order valence-electron chi connectivity index (χ4n) is 2.51. The summed E-state index contributed by atoms with van der Waals surface area (Å²) in [6.45, 7) is 5.39. The van der Waals surface area contributed by atoms with E-state index in [9.17, 15) is 4.79 Å². The first-order valence-electron chi connectivity index (χ1n) is 5.81. The molecule has 2 aliphatic heterocycles. The molecule has 0 spiro atoms. The normalized spacial score (nSPS) is 31.5. The van der Waals surface area contributed by atoms with Crippen molar-refractivity contribution in [3.63, 3.8) is 0 Å². The molecule has 0 aliphatic carbocycles. The Morgan fingerprint density at radius 3 is 2.93 bits per heavy atom. The van der Waals surface area contributed by atoms with Crippen LogP contribution in [0.15, 0.2) is 0 Å². The topological polar surface area (TPSA) is 32.3 Å². The van der Waals surface area contributed by atoms with Gasteiger partial charge in [-0.05, 0) is 18.8 Å². The number of thioether (sulfide) groups is 1. The minimum absolute atomic E-state index is 0.0781. The molecule has 1 amide bonds. The van der Waals surface area contributed by atoms with Gasteiger partial charge in [-0.1, -0.05) is 13.8 Å². The Kier molecular flexibility index (Phi) is 3.57. The fraction of sp³-hybridized carbons (Fsp3) is 0.909. The van der Waals surface area contributed by atoms with E-state index < -0.39 is 0 Å². The number of nitrogens with one attached hydrogen (secondary N) is 1. The first-order chi connectivity index (χ1) is 7.20. The lowest BCUT2D eigenvalue weighted by Crippen LogP contribution is -2.48. The molecule has 1 N–H and O–H groups in total. The van der Waals surface area contributed by atoms with Crippen molar-refractivity contribution < 1.29 is 4.79 Å². The Hall–Kier alpha value is -0.220. The Morgan fingerprint density at radius 2 is 2.33 bits per heavy atom. The number of hydrogen-bond acceptors (Lipinski definition) is 3. The highest BCUT2D eigenvalue weighted by Gasteiger charge is 2.35. The summed E-state index contributed by atoms with van der Waals surface area (Å²) in [7, 11) is 0. The molecule has 0 aromatic rings. The summed E-state index contributed by atoms with van der Waals surface area (Å²) in [5.41, 5.74) is 0. The highest BCUT2D eigenvalue weighted by molar-refractivity contribution is 7.99. The molecule has 2 atom stereocenters. The molecule has 2 fully saturated rings. The molecule has 4 heteroatoms. The van der Waals surface area contributed by atoms with Gasteiger partial charge in [0.1, 0.15) is 0 Å². The Bertz CT molecular complexity index is 239. The molecule has 0 bridgehead atoms. The van der Waals surface area contributed by atoms with E-state index in [1.165, 1.54) is 12.8 Å². The third kappa shape index (κ3) is 2.31. The van der Waals surface area contributed by atoms with Crippen molar-refractivity contribution in [2.75, 3.05) is 18.2 Å². The summed E-state index contributed by atoms with van der Waals surface area (Å²) in [4.78, 5) is 14.3. The molecule has 2 unspecified atom stereocenters. The van der Waals surface area contributed by atoms with Gasteiger partial charge in [0.05, 0.1) is 6.04 Å². The van der Waals surface area contributed by atoms with Gasteiger partial charge in [-0.25, -0.2) is 0 Å². The van der Waals surface area contributed by atoms with Crippen LogP contribution < -0.4 is 5.32 Å². The lowest BCUT2D eigenvalue weighted by molar-refractivity contribution is -0.134. The molecule has 2 rings (SSSR count). The Labute approximate surface area is 96.0 Å². The van der Waals surface area contributed by atoms with Crippen molar-refractivity contribution in [2.24, 2.45) is 5.92 Å². The van der Waals surface area contributed by atoms with Gasteiger partial charge in [-0.2, -0.15) is 0 Å². The van der Waals surface area contributed by atoms with Gasteiger partial charge >= 0.3 is 0 Å². The van der Waals surface area contributed by atoms with E-state index in [4.69, 9.17) is 0 Å². The summed E-state index contributed by atoms with van der Waals surface area (Å²) in [6.07, 6.45) is 2.36. The average molecular weight is 228 g/mol. The van der Waals surface area contributed by atoms with Crippen LogP contribution in [0.1, 0.15) is 26.7 Å². The van der Waals surface area contributed by atoms with Crippen molar-refractivity contribution in [2.45, 2.75) is 38.8 Å². The van der Waals surface area contributed by atoms with Gasteiger partial charge in [0.15, 0.2) is 0 Å².